The highest BCUT2D eigenvalue weighted by Crippen LogP contribution is 2.44. The Morgan fingerprint density at radius 3 is 2.41 bits per heavy atom. The molecular weight excluding hydrogens is 435 g/mol. The lowest BCUT2D eigenvalue weighted by atomic mass is 9.84. The van der Waals surface area contributed by atoms with E-state index in [4.69, 9.17) is 4.74 Å². The third kappa shape index (κ3) is 4.04. The Morgan fingerprint density at radius 2 is 1.79 bits per heavy atom. The average Bonchev–Trinajstić information content (AvgIpc) is 3.05. The summed E-state index contributed by atoms with van der Waals surface area (Å²) in [5, 5.41) is 30.7. The first-order valence-electron chi connectivity index (χ1n) is 11.4. The van der Waals surface area contributed by atoms with E-state index in [1.807, 2.05) is 13.1 Å². The molecule has 2 aliphatic rings. The molecule has 0 saturated carbocycles. The van der Waals surface area contributed by atoms with Gasteiger partial charge in [0, 0.05) is 35.8 Å². The molecule has 0 radical (unpaired) electrons. The molecular formula is C25H29FN6O2. The molecule has 3 aromatic rings. The van der Waals surface area contributed by atoms with Crippen molar-refractivity contribution in [2.24, 2.45) is 0 Å². The lowest BCUT2D eigenvalue weighted by Crippen LogP contribution is -2.58. The Bertz CT molecular complexity index is 1180. The number of benzene rings is 1. The van der Waals surface area contributed by atoms with Crippen molar-refractivity contribution in [2.75, 3.05) is 19.1 Å². The number of nitrogens with zero attached hydrogens (tertiary/aromatic N) is 5. The molecule has 0 aliphatic carbocycles. The minimum atomic E-state index is -0.600. The summed E-state index contributed by atoms with van der Waals surface area (Å²) in [6.45, 7) is 4.58. The molecule has 3 atom stereocenters. The van der Waals surface area contributed by atoms with E-state index in [1.54, 1.807) is 12.1 Å². The van der Waals surface area contributed by atoms with E-state index in [0.29, 0.717) is 23.0 Å². The first kappa shape index (κ1) is 22.5. The van der Waals surface area contributed by atoms with E-state index in [9.17, 15) is 5.11 Å². The van der Waals surface area contributed by atoms with Gasteiger partial charge in [0.05, 0.1) is 24.6 Å². The third-order valence-electron chi connectivity index (χ3n) is 7.26. The van der Waals surface area contributed by atoms with Gasteiger partial charge in [0.15, 0.2) is 5.82 Å². The van der Waals surface area contributed by atoms with E-state index >= 15 is 4.39 Å². The molecule has 2 aliphatic heterocycles. The second kappa shape index (κ2) is 8.16. The smallest absolute Gasteiger partial charge is 0.233 e. The number of anilines is 1. The Hall–Kier alpha value is -3.33. The zero-order valence-corrected chi connectivity index (χ0v) is 19.8. The van der Waals surface area contributed by atoms with Crippen molar-refractivity contribution in [1.82, 2.24) is 25.7 Å². The van der Waals surface area contributed by atoms with Crippen molar-refractivity contribution in [3.8, 4) is 34.0 Å². The van der Waals surface area contributed by atoms with Gasteiger partial charge in [-0.2, -0.15) is 5.10 Å². The van der Waals surface area contributed by atoms with Crippen LogP contribution in [-0.4, -0.2) is 56.8 Å². The Labute approximate surface area is 198 Å². The monoisotopic (exact) mass is 464 g/mol. The van der Waals surface area contributed by atoms with Crippen LogP contribution in [0.15, 0.2) is 36.5 Å². The standard InChI is InChI=1S/C25H29FN6O2/c1-24-7-8-25(2,31-24)13-17(12-24)32(3)21-6-5-19(28-29-21)23-18(26)9-15(10-20(23)33)16-11-22(34-4)30-27-14-16/h5-6,9-11,14,17,31,33H,7-8,12-13H2,1-4H3/t17?,24-,25+. The van der Waals surface area contributed by atoms with Gasteiger partial charge in [0.2, 0.25) is 5.88 Å². The van der Waals surface area contributed by atoms with Crippen LogP contribution in [0.5, 0.6) is 11.6 Å². The van der Waals surface area contributed by atoms with Gasteiger partial charge >= 0.3 is 0 Å². The molecule has 2 N–H and O–H groups in total. The number of methoxy groups -OCH3 is 1. The number of nitrogens with one attached hydrogen (secondary N) is 1. The SMILES string of the molecule is COc1cc(-c2cc(O)c(-c3ccc(N(C)C4C[C@]5(C)CC[C@](C)(C4)N5)nn3)c(F)c2)cnn1. The number of aromatic nitrogens is 4. The zero-order valence-electron chi connectivity index (χ0n) is 19.8. The van der Waals surface area contributed by atoms with Gasteiger partial charge in [-0.05, 0) is 69.4 Å². The van der Waals surface area contributed by atoms with Gasteiger partial charge in [-0.1, -0.05) is 0 Å². The quantitative estimate of drug-likeness (QED) is 0.586. The normalized spacial score (nSPS) is 25.9. The summed E-state index contributed by atoms with van der Waals surface area (Å²) in [6, 6.07) is 8.31. The van der Waals surface area contributed by atoms with Crippen molar-refractivity contribution in [2.45, 2.75) is 56.7 Å². The van der Waals surface area contributed by atoms with Crippen LogP contribution in [0.1, 0.15) is 39.5 Å². The topological polar surface area (TPSA) is 96.3 Å². The number of hydrogen-bond acceptors (Lipinski definition) is 8. The van der Waals surface area contributed by atoms with Gasteiger partial charge in [-0.15, -0.1) is 15.3 Å². The predicted molar refractivity (Wildman–Crippen MR) is 127 cm³/mol. The minimum absolute atomic E-state index is 0.0133. The molecule has 178 valence electrons. The Balaban J connectivity index is 1.39. The van der Waals surface area contributed by atoms with Crippen LogP contribution < -0.4 is 15.0 Å². The van der Waals surface area contributed by atoms with Crippen LogP contribution in [0.2, 0.25) is 0 Å². The third-order valence-corrected chi connectivity index (χ3v) is 7.26. The molecule has 5 rings (SSSR count). The number of phenols is 1. The van der Waals surface area contributed by atoms with Crippen molar-refractivity contribution in [3.63, 3.8) is 0 Å². The Morgan fingerprint density at radius 1 is 1.06 bits per heavy atom. The number of fused-ring (bicyclic) bond motifs is 2. The molecule has 0 amide bonds. The van der Waals surface area contributed by atoms with Gasteiger partial charge < -0.3 is 20.1 Å². The Kier molecular flexibility index (Phi) is 5.39. The number of hydrogen-bond donors (Lipinski definition) is 2. The molecule has 2 aromatic heterocycles. The lowest BCUT2D eigenvalue weighted by Gasteiger charge is -2.45. The number of halogens is 1. The van der Waals surface area contributed by atoms with Crippen LogP contribution in [0.3, 0.4) is 0 Å². The van der Waals surface area contributed by atoms with Crippen molar-refractivity contribution in [1.29, 1.82) is 0 Å². The van der Waals surface area contributed by atoms with Gasteiger partial charge in [0.25, 0.3) is 0 Å². The maximum Gasteiger partial charge on any atom is 0.233 e. The van der Waals surface area contributed by atoms with Gasteiger partial charge in [0.1, 0.15) is 11.6 Å². The summed E-state index contributed by atoms with van der Waals surface area (Å²) in [4.78, 5) is 2.17. The number of aromatic hydroxyl groups is 1. The largest absolute Gasteiger partial charge is 0.507 e. The molecule has 4 heterocycles. The number of ether oxygens (including phenoxy) is 1. The number of piperidine rings is 1. The predicted octanol–water partition coefficient (Wildman–Crippen LogP) is 3.95. The fourth-order valence-electron chi connectivity index (χ4n) is 5.55. The van der Waals surface area contributed by atoms with Crippen LogP contribution in [-0.2, 0) is 0 Å². The average molecular weight is 465 g/mol. The van der Waals surface area contributed by atoms with Crippen molar-refractivity contribution in [3.05, 3.63) is 42.3 Å². The van der Waals surface area contributed by atoms with E-state index in [1.165, 1.54) is 38.3 Å². The van der Waals surface area contributed by atoms with Crippen LogP contribution in [0.4, 0.5) is 10.2 Å². The van der Waals surface area contributed by atoms with E-state index in [2.05, 4.69) is 44.5 Å². The van der Waals surface area contributed by atoms with Crippen molar-refractivity contribution >= 4 is 5.82 Å². The molecule has 2 saturated heterocycles. The number of rotatable bonds is 5. The van der Waals surface area contributed by atoms with Crippen LogP contribution >= 0.6 is 0 Å². The van der Waals surface area contributed by atoms with Crippen LogP contribution in [0.25, 0.3) is 22.4 Å². The highest BCUT2D eigenvalue weighted by atomic mass is 19.1. The molecule has 2 bridgehead atoms. The summed E-state index contributed by atoms with van der Waals surface area (Å²) in [7, 11) is 3.51. The summed E-state index contributed by atoms with van der Waals surface area (Å²) in [6.07, 6.45) is 5.90. The molecule has 1 unspecified atom stereocenters. The molecule has 2 fully saturated rings. The molecule has 9 heteroatoms. The fourth-order valence-corrected chi connectivity index (χ4v) is 5.55. The van der Waals surface area contributed by atoms with Gasteiger partial charge in [-0.3, -0.25) is 0 Å². The highest BCUT2D eigenvalue weighted by molar-refractivity contribution is 5.75. The second-order valence-electron chi connectivity index (χ2n) is 10.0. The van der Waals surface area contributed by atoms with Crippen LogP contribution in [0, 0.1) is 5.82 Å². The van der Waals surface area contributed by atoms with Gasteiger partial charge in [-0.25, -0.2) is 4.39 Å². The van der Waals surface area contributed by atoms with E-state index in [0.717, 1.165) is 18.7 Å². The first-order chi connectivity index (χ1) is 16.2. The molecule has 34 heavy (non-hydrogen) atoms. The van der Waals surface area contributed by atoms with E-state index in [-0.39, 0.29) is 28.1 Å². The summed E-state index contributed by atoms with van der Waals surface area (Å²) in [5.41, 5.74) is 1.61. The summed E-state index contributed by atoms with van der Waals surface area (Å²) >= 11 is 0. The summed E-state index contributed by atoms with van der Waals surface area (Å²) in [5.74, 6) is 0.208. The lowest BCUT2D eigenvalue weighted by molar-refractivity contribution is 0.207. The fraction of sp³-hybridized carbons (Fsp3) is 0.440. The zero-order chi connectivity index (χ0) is 24.1. The molecule has 8 nitrogen and oxygen atoms in total. The second-order valence-corrected chi connectivity index (χ2v) is 10.0. The van der Waals surface area contributed by atoms with Crippen molar-refractivity contribution < 1.29 is 14.2 Å². The summed E-state index contributed by atoms with van der Waals surface area (Å²) < 4.78 is 20.2. The highest BCUT2D eigenvalue weighted by Gasteiger charge is 2.49. The number of phenolic OH excluding ortho intramolecular Hbond substituents is 1. The first-order valence-corrected chi connectivity index (χ1v) is 11.4. The maximum atomic E-state index is 15.1. The maximum absolute atomic E-state index is 15.1. The van der Waals surface area contributed by atoms with E-state index < -0.39 is 5.82 Å². The molecule has 0 spiro atoms. The minimum Gasteiger partial charge on any atom is -0.507 e. The molecule has 1 aromatic carbocycles.